The number of pyridine rings is 1. The SMILES string of the molecule is O=C(O)C(Nc1cccnc1)c1ccccc1. The molecule has 0 radical (unpaired) electrons. The van der Waals surface area contributed by atoms with E-state index in [0.29, 0.717) is 11.3 Å². The Morgan fingerprint density at radius 1 is 1.18 bits per heavy atom. The molecule has 1 aromatic heterocycles. The summed E-state index contributed by atoms with van der Waals surface area (Å²) in [7, 11) is 0. The Balaban J connectivity index is 2.23. The molecule has 0 aliphatic heterocycles. The van der Waals surface area contributed by atoms with E-state index in [1.165, 1.54) is 0 Å². The fourth-order valence-electron chi connectivity index (χ4n) is 1.55. The van der Waals surface area contributed by atoms with Gasteiger partial charge in [-0.1, -0.05) is 30.3 Å². The van der Waals surface area contributed by atoms with Gasteiger partial charge in [0.2, 0.25) is 0 Å². The maximum atomic E-state index is 11.2. The van der Waals surface area contributed by atoms with Crippen LogP contribution in [0.4, 0.5) is 5.69 Å². The lowest BCUT2D eigenvalue weighted by molar-refractivity contribution is -0.138. The standard InChI is InChI=1S/C13H12N2O2/c16-13(17)12(10-5-2-1-3-6-10)15-11-7-4-8-14-9-11/h1-9,12,15H,(H,16,17). The predicted molar refractivity (Wildman–Crippen MR) is 64.7 cm³/mol. The number of hydrogen-bond acceptors (Lipinski definition) is 3. The van der Waals surface area contributed by atoms with E-state index in [9.17, 15) is 9.90 Å². The van der Waals surface area contributed by atoms with Gasteiger partial charge in [-0.2, -0.15) is 0 Å². The zero-order chi connectivity index (χ0) is 12.1. The van der Waals surface area contributed by atoms with Gasteiger partial charge in [0.1, 0.15) is 0 Å². The summed E-state index contributed by atoms with van der Waals surface area (Å²) in [6.45, 7) is 0. The molecule has 4 heteroatoms. The number of nitrogens with one attached hydrogen (secondary N) is 1. The van der Waals surface area contributed by atoms with E-state index < -0.39 is 12.0 Å². The van der Waals surface area contributed by atoms with Gasteiger partial charge in [0.25, 0.3) is 0 Å². The molecule has 17 heavy (non-hydrogen) atoms. The minimum Gasteiger partial charge on any atom is -0.479 e. The van der Waals surface area contributed by atoms with Gasteiger partial charge in [-0.3, -0.25) is 4.98 Å². The molecule has 1 heterocycles. The van der Waals surface area contributed by atoms with E-state index in [1.807, 2.05) is 18.2 Å². The summed E-state index contributed by atoms with van der Waals surface area (Å²) in [5, 5.41) is 12.1. The highest BCUT2D eigenvalue weighted by molar-refractivity contribution is 5.79. The predicted octanol–water partition coefficient (Wildman–Crippen LogP) is 2.32. The van der Waals surface area contributed by atoms with Gasteiger partial charge in [-0.15, -0.1) is 0 Å². The van der Waals surface area contributed by atoms with Crippen LogP contribution in [0.3, 0.4) is 0 Å². The molecule has 2 aromatic rings. The molecule has 0 saturated carbocycles. The van der Waals surface area contributed by atoms with E-state index in [2.05, 4.69) is 10.3 Å². The van der Waals surface area contributed by atoms with Crippen molar-refractivity contribution in [3.8, 4) is 0 Å². The quantitative estimate of drug-likeness (QED) is 0.843. The first-order chi connectivity index (χ1) is 8.27. The third-order valence-electron chi connectivity index (χ3n) is 2.35. The highest BCUT2D eigenvalue weighted by Gasteiger charge is 2.18. The van der Waals surface area contributed by atoms with E-state index in [0.717, 1.165) is 0 Å². The highest BCUT2D eigenvalue weighted by atomic mass is 16.4. The largest absolute Gasteiger partial charge is 0.479 e. The second-order valence-corrected chi connectivity index (χ2v) is 3.57. The van der Waals surface area contributed by atoms with Gasteiger partial charge in [-0.25, -0.2) is 4.79 Å². The zero-order valence-electron chi connectivity index (χ0n) is 9.08. The van der Waals surface area contributed by atoms with E-state index in [-0.39, 0.29) is 0 Å². The number of carboxylic acids is 1. The first-order valence-electron chi connectivity index (χ1n) is 5.21. The lowest BCUT2D eigenvalue weighted by atomic mass is 10.1. The van der Waals surface area contributed by atoms with Crippen molar-refractivity contribution in [3.05, 3.63) is 60.4 Å². The molecule has 0 bridgehead atoms. The number of benzene rings is 1. The van der Waals surface area contributed by atoms with Crippen LogP contribution >= 0.6 is 0 Å². The molecule has 2 N–H and O–H groups in total. The molecule has 0 fully saturated rings. The minimum atomic E-state index is -0.917. The number of carboxylic acid groups (broad SMARTS) is 1. The van der Waals surface area contributed by atoms with E-state index in [1.54, 1.807) is 36.7 Å². The van der Waals surface area contributed by atoms with Gasteiger partial charge in [0, 0.05) is 12.4 Å². The first kappa shape index (κ1) is 11.1. The number of anilines is 1. The van der Waals surface area contributed by atoms with Crippen LogP contribution in [0, 0.1) is 0 Å². The Hall–Kier alpha value is -2.36. The Labute approximate surface area is 98.9 Å². The molecule has 0 aliphatic rings. The molecule has 4 nitrogen and oxygen atoms in total. The van der Waals surface area contributed by atoms with Crippen molar-refractivity contribution in [2.75, 3.05) is 5.32 Å². The summed E-state index contributed by atoms with van der Waals surface area (Å²) in [4.78, 5) is 15.2. The average Bonchev–Trinajstić information content (AvgIpc) is 2.38. The fraction of sp³-hybridized carbons (Fsp3) is 0.0769. The maximum Gasteiger partial charge on any atom is 0.330 e. The van der Waals surface area contributed by atoms with Gasteiger partial charge in [-0.05, 0) is 17.7 Å². The van der Waals surface area contributed by atoms with Crippen LogP contribution in [0.1, 0.15) is 11.6 Å². The normalized spacial score (nSPS) is 11.8. The third kappa shape index (κ3) is 2.81. The first-order valence-corrected chi connectivity index (χ1v) is 5.21. The minimum absolute atomic E-state index is 0.684. The van der Waals surface area contributed by atoms with Crippen molar-refractivity contribution in [1.29, 1.82) is 0 Å². The molecular weight excluding hydrogens is 216 g/mol. The summed E-state index contributed by atoms with van der Waals surface area (Å²) in [6.07, 6.45) is 3.24. The number of aromatic nitrogens is 1. The van der Waals surface area contributed by atoms with E-state index in [4.69, 9.17) is 0 Å². The number of hydrogen-bond donors (Lipinski definition) is 2. The summed E-state index contributed by atoms with van der Waals surface area (Å²) in [6, 6.07) is 11.8. The van der Waals surface area contributed by atoms with Gasteiger partial charge in [0.05, 0.1) is 5.69 Å². The molecule has 0 spiro atoms. The van der Waals surface area contributed by atoms with Crippen LogP contribution in [0.5, 0.6) is 0 Å². The van der Waals surface area contributed by atoms with Gasteiger partial charge < -0.3 is 10.4 Å². The Kier molecular flexibility index (Phi) is 3.35. The smallest absolute Gasteiger partial charge is 0.330 e. The van der Waals surface area contributed by atoms with Crippen molar-refractivity contribution in [3.63, 3.8) is 0 Å². The molecule has 1 atom stereocenters. The lowest BCUT2D eigenvalue weighted by Crippen LogP contribution is -2.20. The fourth-order valence-corrected chi connectivity index (χ4v) is 1.55. The van der Waals surface area contributed by atoms with Crippen molar-refractivity contribution in [2.45, 2.75) is 6.04 Å². The Bertz CT molecular complexity index is 485. The van der Waals surface area contributed by atoms with Gasteiger partial charge in [0.15, 0.2) is 6.04 Å². The Morgan fingerprint density at radius 2 is 1.94 bits per heavy atom. The topological polar surface area (TPSA) is 62.2 Å². The molecule has 1 aromatic carbocycles. The van der Waals surface area contributed by atoms with Crippen LogP contribution < -0.4 is 5.32 Å². The lowest BCUT2D eigenvalue weighted by Gasteiger charge is -2.15. The number of aliphatic carboxylic acids is 1. The summed E-state index contributed by atoms with van der Waals surface area (Å²) in [5.41, 5.74) is 1.40. The number of rotatable bonds is 4. The van der Waals surface area contributed by atoms with Crippen molar-refractivity contribution in [2.24, 2.45) is 0 Å². The van der Waals surface area contributed by atoms with Crippen LogP contribution in [-0.4, -0.2) is 16.1 Å². The average molecular weight is 228 g/mol. The highest BCUT2D eigenvalue weighted by Crippen LogP contribution is 2.18. The summed E-state index contributed by atoms with van der Waals surface area (Å²) < 4.78 is 0. The zero-order valence-corrected chi connectivity index (χ0v) is 9.08. The summed E-state index contributed by atoms with van der Waals surface area (Å²) >= 11 is 0. The van der Waals surface area contributed by atoms with Crippen LogP contribution in [0.2, 0.25) is 0 Å². The van der Waals surface area contributed by atoms with Crippen LogP contribution in [-0.2, 0) is 4.79 Å². The molecule has 2 rings (SSSR count). The summed E-state index contributed by atoms with van der Waals surface area (Å²) in [5.74, 6) is -0.917. The molecule has 86 valence electrons. The van der Waals surface area contributed by atoms with Crippen molar-refractivity contribution >= 4 is 11.7 Å². The van der Waals surface area contributed by atoms with Gasteiger partial charge >= 0.3 is 5.97 Å². The number of nitrogens with zero attached hydrogens (tertiary/aromatic N) is 1. The van der Waals surface area contributed by atoms with Crippen molar-refractivity contribution in [1.82, 2.24) is 4.98 Å². The van der Waals surface area contributed by atoms with Crippen LogP contribution in [0.25, 0.3) is 0 Å². The molecule has 0 saturated heterocycles. The third-order valence-corrected chi connectivity index (χ3v) is 2.35. The van der Waals surface area contributed by atoms with Crippen LogP contribution in [0.15, 0.2) is 54.9 Å². The van der Waals surface area contributed by atoms with Crippen molar-refractivity contribution < 1.29 is 9.90 Å². The molecule has 0 aliphatic carbocycles. The second-order valence-electron chi connectivity index (χ2n) is 3.57. The number of carbonyl (C=O) groups is 1. The monoisotopic (exact) mass is 228 g/mol. The molecular formula is C13H12N2O2. The van der Waals surface area contributed by atoms with E-state index >= 15 is 0 Å². The molecule has 0 amide bonds. The molecule has 1 unspecified atom stereocenters. The second kappa shape index (κ2) is 5.12. The maximum absolute atomic E-state index is 11.2. The Morgan fingerprint density at radius 3 is 2.53 bits per heavy atom.